The van der Waals surface area contributed by atoms with Gasteiger partial charge >= 0.3 is 6.03 Å². The number of ether oxygens (including phenoxy) is 1. The van der Waals surface area contributed by atoms with Gasteiger partial charge in [-0.15, -0.1) is 0 Å². The van der Waals surface area contributed by atoms with Crippen LogP contribution in [-0.4, -0.2) is 42.8 Å². The summed E-state index contributed by atoms with van der Waals surface area (Å²) in [6.45, 7) is 4.48. The lowest BCUT2D eigenvalue weighted by molar-refractivity contribution is 0.131. The molecular formula is C20H32N2O3. The molecule has 0 aliphatic heterocycles. The van der Waals surface area contributed by atoms with E-state index in [2.05, 4.69) is 19.2 Å². The standard InChI is InChI=1S/C20H32N2O3/c1-14(2)19(16-7-11-18(25-4)12-8-16)21-20(24)22(3)17-9-5-15(13-23)6-10-17/h7-8,11-12,14-15,17,19,23H,5-6,9-10,13H2,1-4H3,(H,21,24). The number of aliphatic hydroxyl groups is 1. The van der Waals surface area contributed by atoms with Crippen molar-refractivity contribution in [2.45, 2.75) is 51.6 Å². The summed E-state index contributed by atoms with van der Waals surface area (Å²) < 4.78 is 5.21. The molecule has 1 aromatic rings. The molecule has 0 spiro atoms. The van der Waals surface area contributed by atoms with Gasteiger partial charge in [-0.1, -0.05) is 26.0 Å². The van der Waals surface area contributed by atoms with Gasteiger partial charge in [-0.2, -0.15) is 0 Å². The number of aliphatic hydroxyl groups excluding tert-OH is 1. The molecule has 0 bridgehead atoms. The maximum atomic E-state index is 12.7. The molecule has 1 saturated carbocycles. The summed E-state index contributed by atoms with van der Waals surface area (Å²) in [6.07, 6.45) is 3.91. The van der Waals surface area contributed by atoms with Crippen molar-refractivity contribution in [3.8, 4) is 5.75 Å². The van der Waals surface area contributed by atoms with Crippen molar-refractivity contribution in [3.63, 3.8) is 0 Å². The molecule has 0 heterocycles. The second-order valence-corrected chi connectivity index (χ2v) is 7.41. The molecule has 2 rings (SSSR count). The normalized spacial score (nSPS) is 21.7. The Morgan fingerprint density at radius 2 is 1.84 bits per heavy atom. The molecule has 140 valence electrons. The molecule has 1 aliphatic carbocycles. The minimum Gasteiger partial charge on any atom is -0.497 e. The minimum absolute atomic E-state index is 0.0260. The fourth-order valence-corrected chi connectivity index (χ4v) is 3.56. The van der Waals surface area contributed by atoms with Crippen LogP contribution in [0.5, 0.6) is 5.75 Å². The van der Waals surface area contributed by atoms with E-state index in [1.54, 1.807) is 7.11 Å². The quantitative estimate of drug-likeness (QED) is 0.826. The van der Waals surface area contributed by atoms with Gasteiger partial charge in [0.15, 0.2) is 0 Å². The molecule has 1 fully saturated rings. The SMILES string of the molecule is COc1ccc(C(NC(=O)N(C)C2CCC(CO)CC2)C(C)C)cc1. The van der Waals surface area contributed by atoms with Crippen molar-refractivity contribution in [1.29, 1.82) is 0 Å². The lowest BCUT2D eigenvalue weighted by Crippen LogP contribution is -2.47. The lowest BCUT2D eigenvalue weighted by Gasteiger charge is -2.35. The molecule has 0 aromatic heterocycles. The summed E-state index contributed by atoms with van der Waals surface area (Å²) in [5.41, 5.74) is 1.08. The predicted molar refractivity (Wildman–Crippen MR) is 99.7 cm³/mol. The monoisotopic (exact) mass is 348 g/mol. The Kier molecular flexibility index (Phi) is 7.12. The van der Waals surface area contributed by atoms with E-state index in [0.29, 0.717) is 5.92 Å². The second kappa shape index (κ2) is 9.09. The highest BCUT2D eigenvalue weighted by Crippen LogP contribution is 2.28. The molecule has 1 unspecified atom stereocenters. The van der Waals surface area contributed by atoms with Crippen molar-refractivity contribution in [2.24, 2.45) is 11.8 Å². The Bertz CT molecular complexity index is 536. The van der Waals surface area contributed by atoms with Gasteiger partial charge in [0.25, 0.3) is 0 Å². The van der Waals surface area contributed by atoms with Gasteiger partial charge in [-0.05, 0) is 55.2 Å². The highest BCUT2D eigenvalue weighted by molar-refractivity contribution is 5.74. The molecular weight excluding hydrogens is 316 g/mol. The summed E-state index contributed by atoms with van der Waals surface area (Å²) in [6, 6.07) is 8.07. The van der Waals surface area contributed by atoms with E-state index in [0.717, 1.165) is 37.0 Å². The lowest BCUT2D eigenvalue weighted by atomic mass is 9.86. The molecule has 1 atom stereocenters. The Hall–Kier alpha value is -1.75. The summed E-state index contributed by atoms with van der Waals surface area (Å²) in [5, 5.41) is 12.5. The first-order chi connectivity index (χ1) is 12.0. The number of hydrogen-bond acceptors (Lipinski definition) is 3. The third-order valence-electron chi connectivity index (χ3n) is 5.36. The zero-order chi connectivity index (χ0) is 18.4. The van der Waals surface area contributed by atoms with Crippen LogP contribution in [0.2, 0.25) is 0 Å². The number of nitrogens with one attached hydrogen (secondary N) is 1. The van der Waals surface area contributed by atoms with E-state index in [1.165, 1.54) is 0 Å². The van der Waals surface area contributed by atoms with Crippen LogP contribution in [0.4, 0.5) is 4.79 Å². The van der Waals surface area contributed by atoms with Crippen LogP contribution >= 0.6 is 0 Å². The second-order valence-electron chi connectivity index (χ2n) is 7.41. The van der Waals surface area contributed by atoms with Crippen LogP contribution in [0.25, 0.3) is 0 Å². The Morgan fingerprint density at radius 3 is 2.32 bits per heavy atom. The van der Waals surface area contributed by atoms with Crippen molar-refractivity contribution >= 4 is 6.03 Å². The maximum absolute atomic E-state index is 12.7. The van der Waals surface area contributed by atoms with Crippen molar-refractivity contribution < 1.29 is 14.6 Å². The summed E-state index contributed by atoms with van der Waals surface area (Å²) in [4.78, 5) is 14.6. The van der Waals surface area contributed by atoms with Crippen molar-refractivity contribution in [1.82, 2.24) is 10.2 Å². The van der Waals surface area contributed by atoms with Gasteiger partial charge < -0.3 is 20.1 Å². The first-order valence-corrected chi connectivity index (χ1v) is 9.24. The molecule has 1 aromatic carbocycles. The van der Waals surface area contributed by atoms with Gasteiger partial charge in [0, 0.05) is 19.7 Å². The van der Waals surface area contributed by atoms with Crippen LogP contribution < -0.4 is 10.1 Å². The highest BCUT2D eigenvalue weighted by Gasteiger charge is 2.28. The van der Waals surface area contributed by atoms with Crippen molar-refractivity contribution in [3.05, 3.63) is 29.8 Å². The topological polar surface area (TPSA) is 61.8 Å². The number of carbonyl (C=O) groups is 1. The molecule has 5 heteroatoms. The molecule has 2 N–H and O–H groups in total. The molecule has 2 amide bonds. The van der Waals surface area contributed by atoms with Crippen LogP contribution in [0.1, 0.15) is 51.1 Å². The van der Waals surface area contributed by atoms with Gasteiger partial charge in [-0.25, -0.2) is 4.79 Å². The first kappa shape index (κ1) is 19.6. The highest BCUT2D eigenvalue weighted by atomic mass is 16.5. The van der Waals surface area contributed by atoms with E-state index >= 15 is 0 Å². The molecule has 0 saturated heterocycles. The van der Waals surface area contributed by atoms with Gasteiger partial charge in [0.2, 0.25) is 0 Å². The number of benzene rings is 1. The van der Waals surface area contributed by atoms with E-state index in [4.69, 9.17) is 4.74 Å². The van der Waals surface area contributed by atoms with Crippen molar-refractivity contribution in [2.75, 3.05) is 20.8 Å². The summed E-state index contributed by atoms with van der Waals surface area (Å²) >= 11 is 0. The molecule has 25 heavy (non-hydrogen) atoms. The van der Waals surface area contributed by atoms with Crippen LogP contribution in [0, 0.1) is 11.8 Å². The predicted octanol–water partition coefficient (Wildman–Crippen LogP) is 3.58. The number of carbonyl (C=O) groups excluding carboxylic acids is 1. The third kappa shape index (κ3) is 5.11. The fraction of sp³-hybridized carbons (Fsp3) is 0.650. The Morgan fingerprint density at radius 1 is 1.24 bits per heavy atom. The molecule has 1 aliphatic rings. The third-order valence-corrected chi connectivity index (χ3v) is 5.36. The first-order valence-electron chi connectivity index (χ1n) is 9.24. The average molecular weight is 348 g/mol. The van der Waals surface area contributed by atoms with E-state index in [9.17, 15) is 9.90 Å². The van der Waals surface area contributed by atoms with Crippen LogP contribution in [0.15, 0.2) is 24.3 Å². The van der Waals surface area contributed by atoms with Gasteiger partial charge in [0.05, 0.1) is 13.2 Å². The number of rotatable bonds is 6. The van der Waals surface area contributed by atoms with Crippen LogP contribution in [0.3, 0.4) is 0 Å². The van der Waals surface area contributed by atoms with Gasteiger partial charge in [-0.3, -0.25) is 0 Å². The van der Waals surface area contributed by atoms with E-state index in [-0.39, 0.29) is 30.6 Å². The smallest absolute Gasteiger partial charge is 0.317 e. The minimum atomic E-state index is -0.0327. The van der Waals surface area contributed by atoms with E-state index < -0.39 is 0 Å². The number of amides is 2. The molecule has 5 nitrogen and oxygen atoms in total. The van der Waals surface area contributed by atoms with E-state index in [1.807, 2.05) is 36.2 Å². The maximum Gasteiger partial charge on any atom is 0.317 e. The summed E-state index contributed by atoms with van der Waals surface area (Å²) in [5.74, 6) is 1.50. The largest absolute Gasteiger partial charge is 0.497 e. The average Bonchev–Trinajstić information content (AvgIpc) is 2.65. The Labute approximate surface area is 151 Å². The van der Waals surface area contributed by atoms with Crippen LogP contribution in [-0.2, 0) is 0 Å². The molecule has 0 radical (unpaired) electrons. The summed E-state index contributed by atoms with van der Waals surface area (Å²) in [7, 11) is 3.53. The number of nitrogens with zero attached hydrogens (tertiary/aromatic N) is 1. The number of methoxy groups -OCH3 is 1. The zero-order valence-electron chi connectivity index (χ0n) is 15.9. The Balaban J connectivity index is 1.99. The fourth-order valence-electron chi connectivity index (χ4n) is 3.56. The number of hydrogen-bond donors (Lipinski definition) is 2. The zero-order valence-corrected chi connectivity index (χ0v) is 15.9. The number of urea groups is 1. The van der Waals surface area contributed by atoms with Gasteiger partial charge in [0.1, 0.15) is 5.75 Å².